The third-order valence-electron chi connectivity index (χ3n) is 9.20. The van der Waals surface area contributed by atoms with Crippen LogP contribution in [0.3, 0.4) is 0 Å². The predicted octanol–water partition coefficient (Wildman–Crippen LogP) is 11.3. The number of allylic oxidation sites excluding steroid dienone is 2. The number of carbonyl (C=O) groups excluding carboxylic acids is 1. The Labute approximate surface area is 313 Å². The Morgan fingerprint density at radius 2 is 1.00 bits per heavy atom. The minimum absolute atomic E-state index is 0.0523. The Morgan fingerprint density at radius 1 is 0.588 bits per heavy atom. The molecule has 9 nitrogen and oxygen atoms in total. The first-order valence-corrected chi connectivity index (χ1v) is 22.7. The molecule has 3 unspecified atom stereocenters. The topological polar surface area (TPSA) is 132 Å². The van der Waals surface area contributed by atoms with Crippen molar-refractivity contribution in [1.82, 2.24) is 0 Å². The van der Waals surface area contributed by atoms with Crippen molar-refractivity contribution in [3.63, 3.8) is 0 Å². The molecule has 0 spiro atoms. The normalized spacial score (nSPS) is 14.2. The van der Waals surface area contributed by atoms with Gasteiger partial charge in [-0.2, -0.15) is 0 Å². The van der Waals surface area contributed by atoms with Crippen molar-refractivity contribution in [1.29, 1.82) is 0 Å². The maximum absolute atomic E-state index is 12.5. The maximum atomic E-state index is 12.5. The summed E-state index contributed by atoms with van der Waals surface area (Å²) < 4.78 is 33.3. The van der Waals surface area contributed by atoms with Crippen LogP contribution in [0.25, 0.3) is 0 Å². The quantitative estimate of drug-likeness (QED) is 0.0242. The first kappa shape index (κ1) is 50.2. The molecule has 0 rings (SSSR count). The standard InChI is InChI=1S/C41H81O9P/c1-3-5-7-9-11-13-15-16-17-18-19-20-21-22-24-26-28-30-32-34-47-37-40(38-49-51(45,46)48-36-39(43)35-42)50-41(44)33-31-29-27-25-23-14-12-10-8-6-4-2/h17-18,39-40,42-43H,3-16,19-38H2,1-2H3,(H,45,46)/b18-17-. The van der Waals surface area contributed by atoms with E-state index in [1.54, 1.807) is 0 Å². The number of phosphoric acid groups is 1. The summed E-state index contributed by atoms with van der Waals surface area (Å²) in [5.41, 5.74) is 0. The molecule has 0 heterocycles. The molecule has 0 fully saturated rings. The van der Waals surface area contributed by atoms with E-state index in [9.17, 15) is 19.4 Å². The van der Waals surface area contributed by atoms with Gasteiger partial charge in [0.2, 0.25) is 0 Å². The molecule has 0 saturated carbocycles. The Morgan fingerprint density at radius 3 is 1.47 bits per heavy atom. The van der Waals surface area contributed by atoms with Gasteiger partial charge in [-0.15, -0.1) is 0 Å². The highest BCUT2D eigenvalue weighted by Crippen LogP contribution is 2.43. The van der Waals surface area contributed by atoms with Crippen LogP contribution in [0.4, 0.5) is 0 Å². The summed E-state index contributed by atoms with van der Waals surface area (Å²) in [6.07, 6.45) is 37.4. The van der Waals surface area contributed by atoms with Crippen molar-refractivity contribution in [2.24, 2.45) is 0 Å². The lowest BCUT2D eigenvalue weighted by molar-refractivity contribution is -0.154. The van der Waals surface area contributed by atoms with Crippen molar-refractivity contribution in [3.05, 3.63) is 12.2 Å². The lowest BCUT2D eigenvalue weighted by Gasteiger charge is -2.20. The van der Waals surface area contributed by atoms with Crippen LogP contribution in [-0.4, -0.2) is 66.3 Å². The number of esters is 1. The second-order valence-corrected chi connectivity index (χ2v) is 15.8. The van der Waals surface area contributed by atoms with E-state index in [2.05, 4.69) is 26.0 Å². The minimum Gasteiger partial charge on any atom is -0.457 e. The third kappa shape index (κ3) is 38.7. The van der Waals surface area contributed by atoms with E-state index in [4.69, 9.17) is 23.6 Å². The van der Waals surface area contributed by atoms with Gasteiger partial charge in [0.25, 0.3) is 0 Å². The van der Waals surface area contributed by atoms with Gasteiger partial charge in [-0.1, -0.05) is 167 Å². The van der Waals surface area contributed by atoms with Crippen molar-refractivity contribution < 1.29 is 43.0 Å². The number of phosphoric ester groups is 1. The van der Waals surface area contributed by atoms with Crippen LogP contribution in [0.2, 0.25) is 0 Å². The summed E-state index contributed by atoms with van der Waals surface area (Å²) in [5.74, 6) is -0.382. The van der Waals surface area contributed by atoms with Gasteiger partial charge >= 0.3 is 13.8 Å². The summed E-state index contributed by atoms with van der Waals surface area (Å²) in [7, 11) is -4.51. The van der Waals surface area contributed by atoms with Gasteiger partial charge in [0.15, 0.2) is 0 Å². The monoisotopic (exact) mass is 749 g/mol. The van der Waals surface area contributed by atoms with Crippen LogP contribution < -0.4 is 0 Å². The van der Waals surface area contributed by atoms with Gasteiger partial charge in [0.05, 0.1) is 26.4 Å². The fourth-order valence-corrected chi connectivity index (χ4v) is 6.73. The van der Waals surface area contributed by atoms with Crippen LogP contribution in [0, 0.1) is 0 Å². The molecule has 0 aromatic rings. The molecule has 304 valence electrons. The Kier molecular flexibility index (Phi) is 38.3. The number of aliphatic hydroxyl groups is 2. The minimum atomic E-state index is -4.51. The molecule has 10 heteroatoms. The number of rotatable bonds is 41. The van der Waals surface area contributed by atoms with E-state index in [0.717, 1.165) is 38.5 Å². The summed E-state index contributed by atoms with van der Waals surface area (Å²) in [4.78, 5) is 22.5. The molecule has 0 bridgehead atoms. The smallest absolute Gasteiger partial charge is 0.457 e. The molecule has 0 aliphatic heterocycles. The van der Waals surface area contributed by atoms with Gasteiger partial charge in [-0.05, 0) is 38.5 Å². The van der Waals surface area contributed by atoms with Crippen LogP contribution >= 0.6 is 7.82 Å². The van der Waals surface area contributed by atoms with E-state index < -0.39 is 33.2 Å². The van der Waals surface area contributed by atoms with Crippen LogP contribution in [-0.2, 0) is 27.9 Å². The summed E-state index contributed by atoms with van der Waals surface area (Å²) in [6, 6.07) is 0. The van der Waals surface area contributed by atoms with Crippen molar-refractivity contribution in [2.45, 2.75) is 212 Å². The number of unbranched alkanes of at least 4 members (excludes halogenated alkanes) is 25. The Bertz CT molecular complexity index is 810. The maximum Gasteiger partial charge on any atom is 0.472 e. The molecular weight excluding hydrogens is 667 g/mol. The number of hydrogen-bond acceptors (Lipinski definition) is 8. The van der Waals surface area contributed by atoms with Gasteiger partial charge in [0, 0.05) is 13.0 Å². The zero-order valence-corrected chi connectivity index (χ0v) is 34.0. The molecule has 3 N–H and O–H groups in total. The number of hydrogen-bond donors (Lipinski definition) is 3. The zero-order valence-electron chi connectivity index (χ0n) is 33.1. The highest BCUT2D eigenvalue weighted by Gasteiger charge is 2.26. The van der Waals surface area contributed by atoms with E-state index in [1.165, 1.54) is 141 Å². The van der Waals surface area contributed by atoms with Crippen molar-refractivity contribution in [3.8, 4) is 0 Å². The van der Waals surface area contributed by atoms with E-state index in [-0.39, 0.29) is 25.6 Å². The van der Waals surface area contributed by atoms with E-state index in [1.807, 2.05) is 0 Å². The SMILES string of the molecule is CCCCCCCCC/C=C\CCCCCCCCCCOCC(COP(=O)(O)OCC(O)CO)OC(=O)CCCCCCCCCCCCC. The fourth-order valence-electron chi connectivity index (χ4n) is 5.94. The molecule has 0 aromatic carbocycles. The summed E-state index contributed by atoms with van der Waals surface area (Å²) >= 11 is 0. The first-order chi connectivity index (χ1) is 24.8. The van der Waals surface area contributed by atoms with Crippen molar-refractivity contribution in [2.75, 3.05) is 33.0 Å². The highest BCUT2D eigenvalue weighted by atomic mass is 31.2. The Balaban J connectivity index is 4.11. The molecule has 3 atom stereocenters. The molecule has 0 aliphatic carbocycles. The average molecular weight is 749 g/mol. The second kappa shape index (κ2) is 38.9. The van der Waals surface area contributed by atoms with Crippen LogP contribution in [0.5, 0.6) is 0 Å². The predicted molar refractivity (Wildman–Crippen MR) is 210 cm³/mol. The third-order valence-corrected chi connectivity index (χ3v) is 10.2. The average Bonchev–Trinajstić information content (AvgIpc) is 3.12. The van der Waals surface area contributed by atoms with E-state index in [0.29, 0.717) is 6.61 Å². The first-order valence-electron chi connectivity index (χ1n) is 21.2. The fraction of sp³-hybridized carbons (Fsp3) is 0.927. The zero-order chi connectivity index (χ0) is 37.5. The Hall–Kier alpha value is -0.800. The number of ether oxygens (including phenoxy) is 2. The molecule has 0 radical (unpaired) electrons. The summed E-state index contributed by atoms with van der Waals surface area (Å²) in [6.45, 7) is 3.53. The number of carbonyl (C=O) groups is 1. The van der Waals surface area contributed by atoms with Gasteiger partial charge in [-0.3, -0.25) is 13.8 Å². The van der Waals surface area contributed by atoms with Crippen LogP contribution in [0.15, 0.2) is 12.2 Å². The molecular formula is C41H81O9P. The van der Waals surface area contributed by atoms with Gasteiger partial charge < -0.3 is 24.6 Å². The number of aliphatic hydroxyl groups excluding tert-OH is 2. The molecule has 0 aliphatic rings. The molecule has 51 heavy (non-hydrogen) atoms. The lowest BCUT2D eigenvalue weighted by atomic mass is 10.1. The van der Waals surface area contributed by atoms with Gasteiger partial charge in [-0.25, -0.2) is 4.57 Å². The summed E-state index contributed by atoms with van der Waals surface area (Å²) in [5, 5.41) is 18.3. The molecule has 0 aromatic heterocycles. The van der Waals surface area contributed by atoms with Gasteiger partial charge in [0.1, 0.15) is 12.2 Å². The highest BCUT2D eigenvalue weighted by molar-refractivity contribution is 7.47. The largest absolute Gasteiger partial charge is 0.472 e. The van der Waals surface area contributed by atoms with Crippen LogP contribution in [0.1, 0.15) is 200 Å². The van der Waals surface area contributed by atoms with Crippen molar-refractivity contribution >= 4 is 13.8 Å². The second-order valence-electron chi connectivity index (χ2n) is 14.4. The van der Waals surface area contributed by atoms with E-state index >= 15 is 0 Å². The molecule has 0 amide bonds. The lowest BCUT2D eigenvalue weighted by Crippen LogP contribution is -2.29. The molecule has 0 saturated heterocycles.